The monoisotopic (exact) mass is 340 g/mol. The normalized spacial score (nSPS) is 20.3. The van der Waals surface area contributed by atoms with E-state index in [0.29, 0.717) is 17.4 Å². The fraction of sp³-hybridized carbons (Fsp3) is 0.312. The Morgan fingerprint density at radius 1 is 1.32 bits per heavy atom. The Kier molecular flexibility index (Phi) is 3.48. The van der Waals surface area contributed by atoms with Crippen LogP contribution in [0.2, 0.25) is 0 Å². The van der Waals surface area contributed by atoms with E-state index >= 15 is 0 Å². The Balaban J connectivity index is 1.65. The van der Waals surface area contributed by atoms with E-state index in [1.54, 1.807) is 11.8 Å². The van der Waals surface area contributed by atoms with Crippen LogP contribution in [0, 0.1) is 12.8 Å². The molecule has 128 valence electrons. The number of fused-ring (bicyclic) bond motifs is 1. The average Bonchev–Trinajstić information content (AvgIpc) is 3.31. The van der Waals surface area contributed by atoms with Crippen molar-refractivity contribution in [3.63, 3.8) is 0 Å². The van der Waals surface area contributed by atoms with Crippen molar-refractivity contribution in [1.82, 2.24) is 25.2 Å². The molecule has 3 heterocycles. The highest BCUT2D eigenvalue weighted by atomic mass is 16.5. The predicted octanol–water partition coefficient (Wildman–Crippen LogP) is 0.595. The number of nitrogens with zero attached hydrogens (tertiary/aromatic N) is 4. The first-order valence-corrected chi connectivity index (χ1v) is 7.86. The lowest BCUT2D eigenvalue weighted by Crippen LogP contribution is -2.32. The smallest absolute Gasteiger partial charge is 0.275 e. The lowest BCUT2D eigenvalue weighted by molar-refractivity contribution is -0.121. The van der Waals surface area contributed by atoms with Gasteiger partial charge in [-0.3, -0.25) is 14.7 Å². The minimum atomic E-state index is -0.575. The molecule has 1 fully saturated rings. The quantitative estimate of drug-likeness (QED) is 0.717. The van der Waals surface area contributed by atoms with Crippen LogP contribution in [-0.4, -0.2) is 50.1 Å². The van der Waals surface area contributed by atoms with Crippen LogP contribution in [0.5, 0.6) is 0 Å². The molecule has 9 nitrogen and oxygen atoms in total. The van der Waals surface area contributed by atoms with E-state index in [4.69, 9.17) is 10.3 Å². The Morgan fingerprint density at radius 2 is 2.12 bits per heavy atom. The van der Waals surface area contributed by atoms with Gasteiger partial charge in [0.15, 0.2) is 11.5 Å². The molecule has 0 bridgehead atoms. The maximum atomic E-state index is 12.9. The Morgan fingerprint density at radius 3 is 2.84 bits per heavy atom. The van der Waals surface area contributed by atoms with Gasteiger partial charge in [0.1, 0.15) is 0 Å². The van der Waals surface area contributed by atoms with Crippen molar-refractivity contribution in [2.24, 2.45) is 11.7 Å². The molecule has 2 amide bonds. The Bertz CT molecular complexity index is 962. The number of carbonyl (C=O) groups is 2. The van der Waals surface area contributed by atoms with Gasteiger partial charge >= 0.3 is 0 Å². The highest BCUT2D eigenvalue weighted by Crippen LogP contribution is 2.33. The number of benzene rings is 1. The van der Waals surface area contributed by atoms with E-state index in [1.165, 1.54) is 0 Å². The lowest BCUT2D eigenvalue weighted by atomic mass is 9.95. The molecule has 1 aliphatic heterocycles. The van der Waals surface area contributed by atoms with E-state index in [9.17, 15) is 9.59 Å². The summed E-state index contributed by atoms with van der Waals surface area (Å²) >= 11 is 0. The molecule has 0 saturated carbocycles. The summed E-state index contributed by atoms with van der Waals surface area (Å²) in [5, 5.41) is 11.5. The van der Waals surface area contributed by atoms with Crippen LogP contribution < -0.4 is 5.73 Å². The molecular formula is C16H16N6O3. The number of aromatic nitrogens is 4. The molecule has 4 rings (SSSR count). The minimum absolute atomic E-state index is 0.196. The van der Waals surface area contributed by atoms with E-state index in [1.807, 2.05) is 24.3 Å². The number of para-hydroxylation sites is 1. The van der Waals surface area contributed by atoms with Gasteiger partial charge in [-0.1, -0.05) is 23.4 Å². The van der Waals surface area contributed by atoms with Crippen LogP contribution in [0.4, 0.5) is 0 Å². The summed E-state index contributed by atoms with van der Waals surface area (Å²) in [6.07, 6.45) is 0. The number of aromatic amines is 1. The molecule has 2 aromatic heterocycles. The number of amides is 2. The van der Waals surface area contributed by atoms with Crippen molar-refractivity contribution in [3.05, 3.63) is 41.7 Å². The van der Waals surface area contributed by atoms with Crippen molar-refractivity contribution in [3.8, 4) is 0 Å². The SMILES string of the molecule is Cc1noc([C@@H]2CN(C(=O)c3n[nH]c4ccccc34)C[C@H]2C(N)=O)n1. The van der Waals surface area contributed by atoms with Gasteiger partial charge in [0.2, 0.25) is 11.8 Å². The number of aryl methyl sites for hydroxylation is 1. The van der Waals surface area contributed by atoms with Crippen molar-refractivity contribution < 1.29 is 14.1 Å². The van der Waals surface area contributed by atoms with Gasteiger partial charge in [-0.2, -0.15) is 10.1 Å². The van der Waals surface area contributed by atoms with Crippen LogP contribution >= 0.6 is 0 Å². The van der Waals surface area contributed by atoms with E-state index in [0.717, 1.165) is 10.9 Å². The second-order valence-electron chi connectivity index (χ2n) is 6.12. The zero-order chi connectivity index (χ0) is 17.6. The Labute approximate surface area is 142 Å². The summed E-state index contributed by atoms with van der Waals surface area (Å²) < 4.78 is 5.19. The van der Waals surface area contributed by atoms with Gasteiger partial charge in [-0.05, 0) is 13.0 Å². The van der Waals surface area contributed by atoms with Crippen molar-refractivity contribution in [2.75, 3.05) is 13.1 Å². The molecule has 0 aliphatic carbocycles. The number of rotatable bonds is 3. The van der Waals surface area contributed by atoms with Crippen LogP contribution in [0.25, 0.3) is 10.9 Å². The number of likely N-dealkylation sites (tertiary alicyclic amines) is 1. The fourth-order valence-corrected chi connectivity index (χ4v) is 3.25. The highest BCUT2D eigenvalue weighted by Gasteiger charge is 2.43. The third-order valence-corrected chi connectivity index (χ3v) is 4.51. The number of hydrogen-bond donors (Lipinski definition) is 2. The van der Waals surface area contributed by atoms with Gasteiger partial charge < -0.3 is 15.2 Å². The summed E-state index contributed by atoms with van der Waals surface area (Å²) in [7, 11) is 0. The maximum Gasteiger partial charge on any atom is 0.275 e. The summed E-state index contributed by atoms with van der Waals surface area (Å²) in [5.41, 5.74) is 6.61. The molecule has 3 aromatic rings. The van der Waals surface area contributed by atoms with Crippen molar-refractivity contribution >= 4 is 22.7 Å². The molecule has 1 saturated heterocycles. The second kappa shape index (κ2) is 5.69. The first-order chi connectivity index (χ1) is 12.0. The molecule has 25 heavy (non-hydrogen) atoms. The molecular weight excluding hydrogens is 324 g/mol. The van der Waals surface area contributed by atoms with Gasteiger partial charge in [0, 0.05) is 18.5 Å². The van der Waals surface area contributed by atoms with Crippen LogP contribution in [0.3, 0.4) is 0 Å². The highest BCUT2D eigenvalue weighted by molar-refractivity contribution is 6.05. The van der Waals surface area contributed by atoms with E-state index in [2.05, 4.69) is 20.3 Å². The van der Waals surface area contributed by atoms with Crippen LogP contribution in [-0.2, 0) is 4.79 Å². The fourth-order valence-electron chi connectivity index (χ4n) is 3.25. The zero-order valence-corrected chi connectivity index (χ0v) is 13.5. The molecule has 0 radical (unpaired) electrons. The van der Waals surface area contributed by atoms with Gasteiger partial charge in [0.05, 0.1) is 17.4 Å². The number of nitrogens with two attached hydrogens (primary N) is 1. The zero-order valence-electron chi connectivity index (χ0n) is 13.5. The number of nitrogens with one attached hydrogen (secondary N) is 1. The summed E-state index contributed by atoms with van der Waals surface area (Å²) in [5.74, 6) is -0.947. The molecule has 9 heteroatoms. The first-order valence-electron chi connectivity index (χ1n) is 7.86. The van der Waals surface area contributed by atoms with E-state index < -0.39 is 17.7 Å². The van der Waals surface area contributed by atoms with E-state index in [-0.39, 0.29) is 19.0 Å². The minimum Gasteiger partial charge on any atom is -0.369 e. The topological polar surface area (TPSA) is 131 Å². The van der Waals surface area contributed by atoms with Crippen LogP contribution in [0.15, 0.2) is 28.8 Å². The lowest BCUT2D eigenvalue weighted by Gasteiger charge is -2.14. The summed E-state index contributed by atoms with van der Waals surface area (Å²) in [6.45, 7) is 2.16. The number of hydrogen-bond acceptors (Lipinski definition) is 6. The first kappa shape index (κ1) is 15.3. The van der Waals surface area contributed by atoms with Gasteiger partial charge in [-0.15, -0.1) is 0 Å². The van der Waals surface area contributed by atoms with Gasteiger partial charge in [0.25, 0.3) is 5.91 Å². The molecule has 3 N–H and O–H groups in total. The number of primary amides is 1. The number of H-pyrrole nitrogens is 1. The third kappa shape index (κ3) is 2.53. The predicted molar refractivity (Wildman–Crippen MR) is 86.5 cm³/mol. The molecule has 0 spiro atoms. The summed E-state index contributed by atoms with van der Waals surface area (Å²) in [6, 6.07) is 7.38. The largest absolute Gasteiger partial charge is 0.369 e. The maximum absolute atomic E-state index is 12.9. The third-order valence-electron chi connectivity index (χ3n) is 4.51. The standard InChI is InChI=1S/C16H16N6O3/c1-8-18-15(25-21-8)11-7-22(6-10(11)14(17)23)16(24)13-9-4-2-3-5-12(9)19-20-13/h2-5,10-11H,6-7H2,1H3,(H2,17,23)(H,19,20)/t10-,11-/m1/s1. The van der Waals surface area contributed by atoms with Gasteiger partial charge in [-0.25, -0.2) is 0 Å². The summed E-state index contributed by atoms with van der Waals surface area (Å²) in [4.78, 5) is 30.5. The average molecular weight is 340 g/mol. The molecule has 1 aromatic carbocycles. The molecule has 0 unspecified atom stereocenters. The van der Waals surface area contributed by atoms with Crippen molar-refractivity contribution in [1.29, 1.82) is 0 Å². The van der Waals surface area contributed by atoms with Crippen LogP contribution in [0.1, 0.15) is 28.1 Å². The van der Waals surface area contributed by atoms with Crippen molar-refractivity contribution in [2.45, 2.75) is 12.8 Å². The second-order valence-corrected chi connectivity index (χ2v) is 6.12. The Hall–Kier alpha value is -3.23. The molecule has 1 aliphatic rings. The molecule has 2 atom stereocenters. The number of carbonyl (C=O) groups excluding carboxylic acids is 2.